The second kappa shape index (κ2) is 12.4. The zero-order valence-corrected chi connectivity index (χ0v) is 20.4. The lowest BCUT2D eigenvalue weighted by atomic mass is 10.2. The molecule has 180 valence electrons. The first-order chi connectivity index (χ1) is 16.0. The molecule has 2 N–H and O–H groups in total. The molecule has 10 nitrogen and oxygen atoms in total. The molecule has 0 saturated carbocycles. The first kappa shape index (κ1) is 25.6. The molecule has 33 heavy (non-hydrogen) atoms. The third-order valence-electron chi connectivity index (χ3n) is 4.67. The highest BCUT2D eigenvalue weighted by molar-refractivity contribution is 7.54. The van der Waals surface area contributed by atoms with Crippen molar-refractivity contribution in [2.24, 2.45) is 0 Å². The molecule has 3 aromatic rings. The van der Waals surface area contributed by atoms with Crippen molar-refractivity contribution in [2.45, 2.75) is 45.9 Å². The minimum absolute atomic E-state index is 0.00294. The van der Waals surface area contributed by atoms with E-state index in [2.05, 4.69) is 15.0 Å². The number of hydrogen-bond donors (Lipinski definition) is 1. The summed E-state index contributed by atoms with van der Waals surface area (Å²) in [5.74, 6) is -0.777. The Balaban J connectivity index is 1.66. The number of benzene rings is 1. The number of halogens is 1. The predicted octanol–water partition coefficient (Wildman–Crippen LogP) is 4.63. The Morgan fingerprint density at radius 3 is 2.58 bits per heavy atom. The number of nitrogens with two attached hydrogens (primary N) is 1. The van der Waals surface area contributed by atoms with Crippen LogP contribution in [0.25, 0.3) is 11.2 Å². The van der Waals surface area contributed by atoms with E-state index in [-0.39, 0.29) is 31.0 Å². The quantitative estimate of drug-likeness (QED) is 0.193. The zero-order chi connectivity index (χ0) is 23.7. The summed E-state index contributed by atoms with van der Waals surface area (Å²) in [6.45, 7) is 4.96. The molecule has 0 bridgehead atoms. The maximum Gasteiger partial charge on any atom is 0.359 e. The Hall–Kier alpha value is -2.07. The first-order valence-corrected chi connectivity index (χ1v) is 12.7. The Morgan fingerprint density at radius 2 is 1.88 bits per heavy atom. The molecule has 0 unspecified atom stereocenters. The molecule has 0 saturated heterocycles. The smallest absolute Gasteiger partial charge is 0.359 e. The summed E-state index contributed by atoms with van der Waals surface area (Å²) in [6.07, 6.45) is 2.53. The Morgan fingerprint density at radius 1 is 1.15 bits per heavy atom. The lowest BCUT2D eigenvalue weighted by Gasteiger charge is -2.26. The summed E-state index contributed by atoms with van der Waals surface area (Å²) >= 11 is 6.09. The molecule has 1 atom stereocenters. The van der Waals surface area contributed by atoms with Gasteiger partial charge in [0.2, 0.25) is 5.95 Å². The van der Waals surface area contributed by atoms with Crippen LogP contribution in [-0.2, 0) is 36.4 Å². The van der Waals surface area contributed by atoms with Crippen LogP contribution in [0.4, 0.5) is 5.95 Å². The van der Waals surface area contributed by atoms with Crippen molar-refractivity contribution in [1.82, 2.24) is 19.5 Å². The van der Waals surface area contributed by atoms with E-state index in [9.17, 15) is 4.57 Å². The number of anilines is 1. The van der Waals surface area contributed by atoms with Crippen LogP contribution < -0.4 is 5.73 Å². The molecule has 0 amide bonds. The summed E-state index contributed by atoms with van der Waals surface area (Å²) in [5.41, 5.74) is 7.61. The van der Waals surface area contributed by atoms with E-state index in [0.29, 0.717) is 37.2 Å². The summed E-state index contributed by atoms with van der Waals surface area (Å²) in [6, 6.07) is 9.90. The van der Waals surface area contributed by atoms with Crippen LogP contribution in [0.2, 0.25) is 5.15 Å². The fraction of sp³-hybridized carbons (Fsp3) is 0.476. The molecule has 12 heteroatoms. The third kappa shape index (κ3) is 6.96. The number of rotatable bonds is 14. The minimum atomic E-state index is -3.53. The maximum atomic E-state index is 13.4. The fourth-order valence-electron chi connectivity index (χ4n) is 3.21. The standard InChI is InChI=1S/C21H29ClN5O5P/c1-3-31-33(28,32-4-2)17(11-8-12-29-13-16-9-6-5-7-10-16)30-15-27-14-24-18-19(22)25-21(23)26-20(18)27/h5-7,9-10,14,17H,3-4,8,11-13,15H2,1-2H3,(H2,23,25,26)/t17-/m0/s1. The van der Waals surface area contributed by atoms with E-state index in [1.54, 1.807) is 18.4 Å². The number of nitrogen functional groups attached to an aromatic ring is 1. The second-order valence-electron chi connectivity index (χ2n) is 7.07. The summed E-state index contributed by atoms with van der Waals surface area (Å²) in [5, 5.41) is 0.151. The molecular weight excluding hydrogens is 469 g/mol. The molecule has 0 spiro atoms. The number of hydrogen-bond acceptors (Lipinski definition) is 9. The van der Waals surface area contributed by atoms with Crippen LogP contribution in [-0.4, -0.2) is 45.2 Å². The van der Waals surface area contributed by atoms with Crippen LogP contribution in [0, 0.1) is 0 Å². The molecule has 0 fully saturated rings. The van der Waals surface area contributed by atoms with Gasteiger partial charge in [0.1, 0.15) is 12.2 Å². The summed E-state index contributed by atoms with van der Waals surface area (Å²) in [7, 11) is -3.53. The highest BCUT2D eigenvalue weighted by Gasteiger charge is 2.36. The van der Waals surface area contributed by atoms with Gasteiger partial charge in [0.05, 0.1) is 26.1 Å². The predicted molar refractivity (Wildman–Crippen MR) is 126 cm³/mol. The second-order valence-corrected chi connectivity index (χ2v) is 9.60. The van der Waals surface area contributed by atoms with E-state index in [4.69, 9.17) is 35.9 Å². The van der Waals surface area contributed by atoms with Gasteiger partial charge in [-0.2, -0.15) is 9.97 Å². The van der Waals surface area contributed by atoms with Crippen molar-refractivity contribution in [2.75, 3.05) is 25.6 Å². The average molecular weight is 498 g/mol. The minimum Gasteiger partial charge on any atom is -0.377 e. The van der Waals surface area contributed by atoms with Crippen LogP contribution in [0.5, 0.6) is 0 Å². The molecular formula is C21H29ClN5O5P. The van der Waals surface area contributed by atoms with Gasteiger partial charge < -0.3 is 24.3 Å². The zero-order valence-electron chi connectivity index (χ0n) is 18.7. The molecule has 0 aliphatic heterocycles. The highest BCUT2D eigenvalue weighted by Crippen LogP contribution is 2.55. The molecule has 0 aliphatic carbocycles. The molecule has 3 rings (SSSR count). The topological polar surface area (TPSA) is 124 Å². The SMILES string of the molecule is CCOP(=O)(OCC)[C@@H](CCCOCc1ccccc1)OCn1cnc2c(Cl)nc(N)nc21. The maximum absolute atomic E-state index is 13.4. The Kier molecular flexibility index (Phi) is 9.61. The lowest BCUT2D eigenvalue weighted by Crippen LogP contribution is -2.20. The van der Waals surface area contributed by atoms with Gasteiger partial charge in [-0.1, -0.05) is 41.9 Å². The molecule has 2 aromatic heterocycles. The summed E-state index contributed by atoms with van der Waals surface area (Å²) < 4.78 is 37.9. The van der Waals surface area contributed by atoms with E-state index in [0.717, 1.165) is 5.56 Å². The van der Waals surface area contributed by atoms with Gasteiger partial charge in [-0.3, -0.25) is 9.13 Å². The molecule has 0 aliphatic rings. The highest BCUT2D eigenvalue weighted by atomic mass is 35.5. The van der Waals surface area contributed by atoms with Gasteiger partial charge in [-0.25, -0.2) is 4.98 Å². The summed E-state index contributed by atoms with van der Waals surface area (Å²) in [4.78, 5) is 12.3. The normalized spacial score (nSPS) is 12.9. The monoisotopic (exact) mass is 497 g/mol. The lowest BCUT2D eigenvalue weighted by molar-refractivity contribution is 0.0189. The van der Waals surface area contributed by atoms with E-state index < -0.39 is 13.4 Å². The third-order valence-corrected chi connectivity index (χ3v) is 7.28. The Bertz CT molecular complexity index is 1060. The van der Waals surface area contributed by atoms with Gasteiger partial charge in [0, 0.05) is 6.61 Å². The number of fused-ring (bicyclic) bond motifs is 1. The van der Waals surface area contributed by atoms with Crippen molar-refractivity contribution < 1.29 is 23.1 Å². The van der Waals surface area contributed by atoms with E-state index >= 15 is 0 Å². The molecule has 0 radical (unpaired) electrons. The van der Waals surface area contributed by atoms with Crippen molar-refractivity contribution in [3.63, 3.8) is 0 Å². The number of ether oxygens (including phenoxy) is 2. The largest absolute Gasteiger partial charge is 0.377 e. The number of aromatic nitrogens is 4. The number of nitrogens with zero attached hydrogens (tertiary/aromatic N) is 4. The van der Waals surface area contributed by atoms with Crippen LogP contribution in [0.1, 0.15) is 32.3 Å². The Labute approximate surface area is 197 Å². The van der Waals surface area contributed by atoms with Crippen LogP contribution in [0.15, 0.2) is 36.7 Å². The van der Waals surface area contributed by atoms with Gasteiger partial charge in [-0.05, 0) is 32.3 Å². The fourth-order valence-corrected chi connectivity index (χ4v) is 5.30. The van der Waals surface area contributed by atoms with Crippen molar-refractivity contribution in [3.8, 4) is 0 Å². The van der Waals surface area contributed by atoms with Crippen molar-refractivity contribution >= 4 is 36.3 Å². The van der Waals surface area contributed by atoms with Crippen molar-refractivity contribution in [3.05, 3.63) is 47.4 Å². The van der Waals surface area contributed by atoms with Crippen molar-refractivity contribution in [1.29, 1.82) is 0 Å². The molecule has 2 heterocycles. The van der Waals surface area contributed by atoms with Crippen LogP contribution in [0.3, 0.4) is 0 Å². The molecule has 1 aromatic carbocycles. The van der Waals surface area contributed by atoms with E-state index in [1.165, 1.54) is 6.33 Å². The van der Waals surface area contributed by atoms with Gasteiger partial charge in [0.25, 0.3) is 0 Å². The van der Waals surface area contributed by atoms with Gasteiger partial charge >= 0.3 is 7.60 Å². The van der Waals surface area contributed by atoms with E-state index in [1.807, 2.05) is 30.3 Å². The van der Waals surface area contributed by atoms with Crippen LogP contribution >= 0.6 is 19.2 Å². The number of imidazole rings is 1. The van der Waals surface area contributed by atoms with Gasteiger partial charge in [0.15, 0.2) is 16.6 Å². The average Bonchev–Trinajstić information content (AvgIpc) is 3.19. The van der Waals surface area contributed by atoms with Gasteiger partial charge in [-0.15, -0.1) is 0 Å². The first-order valence-electron chi connectivity index (χ1n) is 10.7.